The number of methoxy groups -OCH3 is 1. The van der Waals surface area contributed by atoms with E-state index in [1.165, 1.54) is 0 Å². The molecule has 0 radical (unpaired) electrons. The average Bonchev–Trinajstić information content (AvgIpc) is 3.61. The summed E-state index contributed by atoms with van der Waals surface area (Å²) < 4.78 is 31.1. The second-order valence-electron chi connectivity index (χ2n) is 10.9. The predicted octanol–water partition coefficient (Wildman–Crippen LogP) is 5.32. The minimum absolute atomic E-state index is 0.108. The Hall–Kier alpha value is -1.34. The van der Waals surface area contributed by atoms with Gasteiger partial charge in [0.25, 0.3) is 0 Å². The van der Waals surface area contributed by atoms with Crippen LogP contribution < -0.4 is 4.74 Å². The van der Waals surface area contributed by atoms with E-state index in [0.29, 0.717) is 6.61 Å². The number of para-hydroxylation sites is 1. The lowest BCUT2D eigenvalue weighted by Crippen LogP contribution is -2.51. The number of hydrogen-bond donors (Lipinski definition) is 0. The summed E-state index contributed by atoms with van der Waals surface area (Å²) in [5, 5.41) is 0.129. The lowest BCUT2D eigenvalue weighted by molar-refractivity contribution is -0.0278. The zero-order chi connectivity index (χ0) is 22.5. The van der Waals surface area contributed by atoms with Crippen LogP contribution in [-0.2, 0) is 18.6 Å². The monoisotopic (exact) mass is 446 g/mol. The van der Waals surface area contributed by atoms with Crippen molar-refractivity contribution >= 4 is 8.32 Å². The molecule has 6 heteroatoms. The van der Waals surface area contributed by atoms with E-state index >= 15 is 0 Å². The van der Waals surface area contributed by atoms with Crippen LogP contribution in [0.25, 0.3) is 0 Å². The van der Waals surface area contributed by atoms with Crippen LogP contribution in [-0.4, -0.2) is 52.1 Å². The van der Waals surface area contributed by atoms with Crippen LogP contribution in [0.5, 0.6) is 5.75 Å². The van der Waals surface area contributed by atoms with Crippen LogP contribution in [0.4, 0.5) is 0 Å². The van der Waals surface area contributed by atoms with Crippen LogP contribution >= 0.6 is 0 Å². The summed E-state index contributed by atoms with van der Waals surface area (Å²) in [7, 11) is -0.191. The summed E-state index contributed by atoms with van der Waals surface area (Å²) in [5.74, 6) is 1.97. The van der Waals surface area contributed by atoms with Gasteiger partial charge in [-0.3, -0.25) is 0 Å². The SMILES string of the molecule is CO[C@@H]1C(O[Si](C)(C)C(C)(C)C)=CC[C@]2(CO2)[C@H]1C1(C)O[C@@H]1CCOc1ccccc1. The first-order valence-electron chi connectivity index (χ1n) is 11.4. The third-order valence-electron chi connectivity index (χ3n) is 7.73. The van der Waals surface area contributed by atoms with Gasteiger partial charge in [0, 0.05) is 20.0 Å². The van der Waals surface area contributed by atoms with Crippen LogP contribution in [0.2, 0.25) is 18.1 Å². The number of rotatable bonds is 8. The van der Waals surface area contributed by atoms with Gasteiger partial charge in [0.15, 0.2) is 0 Å². The van der Waals surface area contributed by atoms with Gasteiger partial charge < -0.3 is 23.4 Å². The zero-order valence-corrected chi connectivity index (χ0v) is 21.1. The summed E-state index contributed by atoms with van der Waals surface area (Å²) in [5.41, 5.74) is -0.488. The molecule has 0 aromatic heterocycles. The van der Waals surface area contributed by atoms with Crippen molar-refractivity contribution in [2.75, 3.05) is 20.3 Å². The zero-order valence-electron chi connectivity index (χ0n) is 20.1. The third kappa shape index (κ3) is 4.32. The van der Waals surface area contributed by atoms with Gasteiger partial charge in [0.1, 0.15) is 28.8 Å². The van der Waals surface area contributed by atoms with Crippen LogP contribution in [0.3, 0.4) is 0 Å². The second-order valence-corrected chi connectivity index (χ2v) is 15.6. The molecule has 2 saturated heterocycles. The van der Waals surface area contributed by atoms with Crippen LogP contribution in [0.1, 0.15) is 40.5 Å². The van der Waals surface area contributed by atoms with E-state index in [2.05, 4.69) is 46.9 Å². The van der Waals surface area contributed by atoms with Gasteiger partial charge in [-0.1, -0.05) is 39.0 Å². The predicted molar refractivity (Wildman–Crippen MR) is 124 cm³/mol. The molecule has 2 heterocycles. The first-order valence-corrected chi connectivity index (χ1v) is 14.3. The molecule has 31 heavy (non-hydrogen) atoms. The van der Waals surface area contributed by atoms with E-state index in [4.69, 9.17) is 23.4 Å². The number of ether oxygens (including phenoxy) is 4. The number of hydrogen-bond acceptors (Lipinski definition) is 5. The van der Waals surface area contributed by atoms with Gasteiger partial charge in [-0.15, -0.1) is 0 Å². The Kier molecular flexibility index (Phi) is 5.82. The van der Waals surface area contributed by atoms with Gasteiger partial charge in [-0.05, 0) is 43.3 Å². The first-order chi connectivity index (χ1) is 14.5. The standard InChI is InChI=1S/C25H38O5Si/c1-23(2,3)31(6,7)30-19-13-15-25(17-28-25)22(21(19)26-5)24(4)20(29-24)14-16-27-18-11-9-8-10-12-18/h8-13,20-22H,14-17H2,1-7H3/t20-,21-,22-,24?,25+/m1/s1. The fourth-order valence-electron chi connectivity index (χ4n) is 4.66. The summed E-state index contributed by atoms with van der Waals surface area (Å²) in [6.07, 6.45) is 3.88. The fourth-order valence-corrected chi connectivity index (χ4v) is 5.76. The van der Waals surface area contributed by atoms with E-state index in [0.717, 1.165) is 31.0 Å². The van der Waals surface area contributed by atoms with Crippen molar-refractivity contribution in [3.63, 3.8) is 0 Å². The quantitative estimate of drug-likeness (QED) is 0.399. The first kappa shape index (κ1) is 22.8. The summed E-state index contributed by atoms with van der Waals surface area (Å²) in [6, 6.07) is 9.94. The molecule has 0 amide bonds. The molecule has 5 atom stereocenters. The Balaban J connectivity index is 1.46. The minimum Gasteiger partial charge on any atom is -0.545 e. The second kappa shape index (κ2) is 7.91. The summed E-state index contributed by atoms with van der Waals surface area (Å²) in [4.78, 5) is 0. The van der Waals surface area contributed by atoms with Gasteiger partial charge in [0.05, 0.1) is 25.2 Å². The summed E-state index contributed by atoms with van der Waals surface area (Å²) >= 11 is 0. The Morgan fingerprint density at radius 1 is 1.16 bits per heavy atom. The Bertz CT molecular complexity index is 811. The highest BCUT2D eigenvalue weighted by molar-refractivity contribution is 6.74. The molecule has 0 saturated carbocycles. The van der Waals surface area contributed by atoms with Crippen molar-refractivity contribution in [2.24, 2.45) is 5.92 Å². The highest BCUT2D eigenvalue weighted by Crippen LogP contribution is 2.59. The maximum Gasteiger partial charge on any atom is 0.250 e. The molecule has 2 aliphatic heterocycles. The van der Waals surface area contributed by atoms with E-state index in [-0.39, 0.29) is 34.4 Å². The molecule has 0 bridgehead atoms. The van der Waals surface area contributed by atoms with Crippen molar-refractivity contribution in [3.05, 3.63) is 42.2 Å². The highest BCUT2D eigenvalue weighted by atomic mass is 28.4. The normalized spacial score (nSPS) is 34.9. The molecular formula is C25H38O5Si. The lowest BCUT2D eigenvalue weighted by Gasteiger charge is -2.43. The van der Waals surface area contributed by atoms with Crippen molar-refractivity contribution in [1.82, 2.24) is 0 Å². The molecule has 1 unspecified atom stereocenters. The average molecular weight is 447 g/mol. The van der Waals surface area contributed by atoms with Gasteiger partial charge in [-0.2, -0.15) is 0 Å². The molecule has 4 rings (SSSR count). The van der Waals surface area contributed by atoms with Crippen molar-refractivity contribution < 1.29 is 23.4 Å². The van der Waals surface area contributed by atoms with E-state index in [9.17, 15) is 0 Å². The maximum absolute atomic E-state index is 6.73. The molecule has 1 aliphatic carbocycles. The van der Waals surface area contributed by atoms with Crippen LogP contribution in [0.15, 0.2) is 42.2 Å². The summed E-state index contributed by atoms with van der Waals surface area (Å²) in [6.45, 7) is 15.0. The molecule has 1 aromatic rings. The Labute approximate surface area is 188 Å². The van der Waals surface area contributed by atoms with E-state index in [1.54, 1.807) is 7.11 Å². The third-order valence-corrected chi connectivity index (χ3v) is 12.1. The van der Waals surface area contributed by atoms with Crippen molar-refractivity contribution in [2.45, 2.75) is 82.1 Å². The van der Waals surface area contributed by atoms with Gasteiger partial charge in [0.2, 0.25) is 8.32 Å². The van der Waals surface area contributed by atoms with Gasteiger partial charge in [-0.25, -0.2) is 0 Å². The Morgan fingerprint density at radius 2 is 1.84 bits per heavy atom. The molecule has 0 N–H and O–H groups in total. The Morgan fingerprint density at radius 3 is 2.42 bits per heavy atom. The van der Waals surface area contributed by atoms with E-state index in [1.807, 2.05) is 30.3 Å². The van der Waals surface area contributed by atoms with Crippen molar-refractivity contribution in [1.29, 1.82) is 0 Å². The van der Waals surface area contributed by atoms with Crippen molar-refractivity contribution in [3.8, 4) is 5.75 Å². The lowest BCUT2D eigenvalue weighted by atomic mass is 9.71. The molecule has 1 spiro atoms. The molecule has 3 aliphatic rings. The molecule has 5 nitrogen and oxygen atoms in total. The molecule has 172 valence electrons. The topological polar surface area (TPSA) is 52.8 Å². The minimum atomic E-state index is -1.97. The van der Waals surface area contributed by atoms with Gasteiger partial charge >= 0.3 is 0 Å². The number of epoxide rings is 2. The van der Waals surface area contributed by atoms with Crippen LogP contribution in [0, 0.1) is 5.92 Å². The smallest absolute Gasteiger partial charge is 0.250 e. The fraction of sp³-hybridized carbons (Fsp3) is 0.680. The maximum atomic E-state index is 6.73. The number of benzene rings is 1. The van der Waals surface area contributed by atoms with E-state index < -0.39 is 8.32 Å². The highest BCUT2D eigenvalue weighted by Gasteiger charge is 2.71. The molecule has 1 aromatic carbocycles. The largest absolute Gasteiger partial charge is 0.545 e. The molecular weight excluding hydrogens is 408 g/mol. The molecule has 2 fully saturated rings.